The summed E-state index contributed by atoms with van der Waals surface area (Å²) in [6.07, 6.45) is 0.586. The van der Waals surface area contributed by atoms with Crippen LogP contribution in [-0.2, 0) is 10.3 Å². The van der Waals surface area contributed by atoms with E-state index in [0.717, 1.165) is 16.1 Å². The van der Waals surface area contributed by atoms with Gasteiger partial charge in [-0.15, -0.1) is 11.8 Å². The number of benzene rings is 3. The number of para-hydroxylation sites is 1. The third-order valence-electron chi connectivity index (χ3n) is 7.01. The molecule has 170 valence electrons. The fourth-order valence-electron chi connectivity index (χ4n) is 5.60. The van der Waals surface area contributed by atoms with Crippen LogP contribution < -0.4 is 9.64 Å². The molecule has 0 aromatic heterocycles. The lowest BCUT2D eigenvalue weighted by molar-refractivity contribution is -0.136. The number of carbonyl (C=O) groups excluding carboxylic acids is 3. The lowest BCUT2D eigenvalue weighted by atomic mass is 9.69. The monoisotopic (exact) mass is 470 g/mol. The van der Waals surface area contributed by atoms with Crippen LogP contribution in [0.5, 0.6) is 5.75 Å². The summed E-state index contributed by atoms with van der Waals surface area (Å²) in [7, 11) is 1.61. The Morgan fingerprint density at radius 1 is 0.882 bits per heavy atom. The van der Waals surface area contributed by atoms with Crippen molar-refractivity contribution in [3.8, 4) is 5.75 Å². The molecule has 3 atom stereocenters. The number of imide groups is 1. The number of thioether (sulfide) groups is 1. The van der Waals surface area contributed by atoms with Gasteiger partial charge in [0.05, 0.1) is 23.9 Å². The van der Waals surface area contributed by atoms with Gasteiger partial charge in [-0.3, -0.25) is 24.2 Å². The first kappa shape index (κ1) is 21.0. The molecule has 6 rings (SSSR count). The summed E-state index contributed by atoms with van der Waals surface area (Å²) in [4.78, 5) is 44.8. The summed E-state index contributed by atoms with van der Waals surface area (Å²) < 4.78 is 5.36. The van der Waals surface area contributed by atoms with Crippen molar-refractivity contribution >= 4 is 35.2 Å². The highest BCUT2D eigenvalue weighted by atomic mass is 32.2. The van der Waals surface area contributed by atoms with Gasteiger partial charge in [0.25, 0.3) is 17.7 Å². The quantitative estimate of drug-likeness (QED) is 0.417. The van der Waals surface area contributed by atoms with E-state index >= 15 is 0 Å². The number of fused-ring (bicyclic) bond motifs is 4. The Labute approximate surface area is 201 Å². The van der Waals surface area contributed by atoms with Crippen LogP contribution in [0, 0.1) is 0 Å². The SMILES string of the molecule is COc1ccc(C23CC(C)Sc4ccccc4N2C(=O)C3N2C(=O)c3ccccc3C2=O)cc1. The van der Waals surface area contributed by atoms with Crippen LogP contribution in [0.2, 0.25) is 0 Å². The highest BCUT2D eigenvalue weighted by Gasteiger charge is 2.68. The number of methoxy groups -OCH3 is 1. The molecule has 34 heavy (non-hydrogen) atoms. The fraction of sp³-hybridized carbons (Fsp3) is 0.222. The van der Waals surface area contributed by atoms with E-state index < -0.39 is 23.4 Å². The molecule has 3 aliphatic heterocycles. The third-order valence-corrected chi connectivity index (χ3v) is 8.18. The molecule has 0 spiro atoms. The second-order valence-electron chi connectivity index (χ2n) is 8.86. The maximum Gasteiger partial charge on any atom is 0.262 e. The van der Waals surface area contributed by atoms with Crippen molar-refractivity contribution in [1.29, 1.82) is 0 Å². The average molecular weight is 471 g/mol. The van der Waals surface area contributed by atoms with Crippen LogP contribution in [0.25, 0.3) is 0 Å². The first-order chi connectivity index (χ1) is 16.5. The number of ether oxygens (including phenoxy) is 1. The Morgan fingerprint density at radius 3 is 2.15 bits per heavy atom. The van der Waals surface area contributed by atoms with E-state index in [1.165, 1.54) is 4.90 Å². The van der Waals surface area contributed by atoms with Gasteiger partial charge in [0.15, 0.2) is 0 Å². The van der Waals surface area contributed by atoms with Crippen molar-refractivity contribution in [1.82, 2.24) is 4.90 Å². The molecule has 3 aliphatic rings. The zero-order valence-corrected chi connectivity index (χ0v) is 19.5. The standard InChI is InChI=1S/C27H22N2O4S/c1-16-15-27(17-11-13-18(33-2)14-12-17)23(26(32)29(27)21-9-5-6-10-22(21)34-16)28-24(30)19-7-3-4-8-20(19)25(28)31/h3-14,16,23H,15H2,1-2H3. The summed E-state index contributed by atoms with van der Waals surface area (Å²) in [6.45, 7) is 2.12. The van der Waals surface area contributed by atoms with Gasteiger partial charge in [-0.2, -0.15) is 0 Å². The maximum atomic E-state index is 13.9. The summed E-state index contributed by atoms with van der Waals surface area (Å²) in [6, 6.07) is 21.3. The number of nitrogens with zero attached hydrogens (tertiary/aromatic N) is 2. The molecule has 0 aliphatic carbocycles. The van der Waals surface area contributed by atoms with Gasteiger partial charge in [0, 0.05) is 10.1 Å². The number of amides is 3. The third kappa shape index (κ3) is 2.67. The molecule has 3 aromatic rings. The van der Waals surface area contributed by atoms with E-state index in [-0.39, 0.29) is 11.2 Å². The van der Waals surface area contributed by atoms with Crippen molar-refractivity contribution in [2.24, 2.45) is 0 Å². The van der Waals surface area contributed by atoms with Gasteiger partial charge in [0.2, 0.25) is 0 Å². The normalized spacial score (nSPS) is 25.3. The molecule has 6 nitrogen and oxygen atoms in total. The van der Waals surface area contributed by atoms with E-state index in [1.807, 2.05) is 48.5 Å². The second-order valence-corrected chi connectivity index (χ2v) is 10.3. The molecular formula is C27H22N2O4S. The minimum Gasteiger partial charge on any atom is -0.497 e. The van der Waals surface area contributed by atoms with Gasteiger partial charge in [0.1, 0.15) is 17.3 Å². The van der Waals surface area contributed by atoms with Gasteiger partial charge in [-0.05, 0) is 48.4 Å². The smallest absolute Gasteiger partial charge is 0.262 e. The van der Waals surface area contributed by atoms with Crippen molar-refractivity contribution < 1.29 is 19.1 Å². The van der Waals surface area contributed by atoms with E-state index in [9.17, 15) is 14.4 Å². The van der Waals surface area contributed by atoms with Crippen LogP contribution in [0.3, 0.4) is 0 Å². The zero-order valence-electron chi connectivity index (χ0n) is 18.7. The molecule has 3 unspecified atom stereocenters. The zero-order chi connectivity index (χ0) is 23.6. The summed E-state index contributed by atoms with van der Waals surface area (Å²) in [5, 5.41) is 0.138. The van der Waals surface area contributed by atoms with Gasteiger partial charge < -0.3 is 4.74 Å². The molecule has 0 saturated carbocycles. The molecule has 0 radical (unpaired) electrons. The van der Waals surface area contributed by atoms with E-state index in [0.29, 0.717) is 23.3 Å². The number of β-lactam (4-membered cyclic amide) rings is 1. The van der Waals surface area contributed by atoms with Crippen molar-refractivity contribution in [2.45, 2.75) is 35.1 Å². The van der Waals surface area contributed by atoms with Crippen molar-refractivity contribution in [3.05, 3.63) is 89.5 Å². The topological polar surface area (TPSA) is 66.9 Å². The summed E-state index contributed by atoms with van der Waals surface area (Å²) in [5.74, 6) is -0.368. The van der Waals surface area contributed by atoms with E-state index in [2.05, 4.69) is 6.92 Å². The maximum absolute atomic E-state index is 13.9. The molecule has 1 fully saturated rings. The number of rotatable bonds is 3. The highest BCUT2D eigenvalue weighted by Crippen LogP contribution is 2.57. The predicted octanol–water partition coefficient (Wildman–Crippen LogP) is 4.49. The number of carbonyl (C=O) groups is 3. The molecule has 7 heteroatoms. The van der Waals surface area contributed by atoms with Gasteiger partial charge >= 0.3 is 0 Å². The number of hydrogen-bond donors (Lipinski definition) is 0. The molecule has 3 heterocycles. The van der Waals surface area contributed by atoms with Crippen LogP contribution in [-0.4, -0.2) is 41.0 Å². The predicted molar refractivity (Wildman–Crippen MR) is 129 cm³/mol. The molecule has 1 saturated heterocycles. The molecule has 0 N–H and O–H groups in total. The van der Waals surface area contributed by atoms with Crippen LogP contribution in [0.15, 0.2) is 77.7 Å². The molecular weight excluding hydrogens is 448 g/mol. The van der Waals surface area contributed by atoms with Gasteiger partial charge in [-0.1, -0.05) is 43.3 Å². The molecule has 0 bridgehead atoms. The molecule has 3 amide bonds. The summed E-state index contributed by atoms with van der Waals surface area (Å²) in [5.41, 5.74) is 1.50. The second kappa shape index (κ2) is 7.46. The average Bonchev–Trinajstić information content (AvgIpc) is 3.02. The molecule has 3 aromatic carbocycles. The number of hydrogen-bond acceptors (Lipinski definition) is 5. The number of anilines is 1. The van der Waals surface area contributed by atoms with Crippen molar-refractivity contribution in [3.63, 3.8) is 0 Å². The minimum absolute atomic E-state index is 0.138. The highest BCUT2D eigenvalue weighted by molar-refractivity contribution is 8.00. The summed E-state index contributed by atoms with van der Waals surface area (Å²) >= 11 is 1.71. The Kier molecular flexibility index (Phi) is 4.61. The van der Waals surface area contributed by atoms with E-state index in [4.69, 9.17) is 4.74 Å². The minimum atomic E-state index is -0.928. The lowest BCUT2D eigenvalue weighted by Gasteiger charge is -2.59. The van der Waals surface area contributed by atoms with Crippen LogP contribution >= 0.6 is 11.8 Å². The van der Waals surface area contributed by atoms with Gasteiger partial charge in [-0.25, -0.2) is 0 Å². The first-order valence-electron chi connectivity index (χ1n) is 11.2. The lowest BCUT2D eigenvalue weighted by Crippen LogP contribution is -2.78. The van der Waals surface area contributed by atoms with Crippen molar-refractivity contribution in [2.75, 3.05) is 12.0 Å². The van der Waals surface area contributed by atoms with Crippen LogP contribution in [0.4, 0.5) is 5.69 Å². The Hall–Kier alpha value is -3.58. The van der Waals surface area contributed by atoms with Crippen LogP contribution in [0.1, 0.15) is 39.6 Å². The van der Waals surface area contributed by atoms with E-state index in [1.54, 1.807) is 48.0 Å². The first-order valence-corrected chi connectivity index (χ1v) is 12.1. The Morgan fingerprint density at radius 2 is 1.50 bits per heavy atom. The largest absolute Gasteiger partial charge is 0.497 e. The fourth-order valence-corrected chi connectivity index (χ4v) is 6.81. The Bertz CT molecular complexity index is 1320. The Balaban J connectivity index is 1.56.